The number of nitrogens with two attached hydrogens (primary N) is 1. The van der Waals surface area contributed by atoms with E-state index in [2.05, 4.69) is 28.8 Å². The van der Waals surface area contributed by atoms with E-state index in [0.717, 1.165) is 44.2 Å². The van der Waals surface area contributed by atoms with Crippen molar-refractivity contribution in [3.63, 3.8) is 0 Å². The first-order valence-electron chi connectivity index (χ1n) is 12.7. The molecule has 5 aromatic carbocycles. The molecule has 0 atom stereocenters. The summed E-state index contributed by atoms with van der Waals surface area (Å²) in [6, 6.07) is 44.3. The van der Waals surface area contributed by atoms with E-state index in [1.807, 2.05) is 109 Å². The zero-order chi connectivity index (χ0) is 26.6. The molecule has 0 aliphatic rings. The number of aliphatic imine (C=N–C) groups is 2. The van der Waals surface area contributed by atoms with E-state index < -0.39 is 0 Å². The highest BCUT2D eigenvalue weighted by Gasteiger charge is 2.14. The van der Waals surface area contributed by atoms with Crippen LogP contribution in [0, 0.1) is 11.3 Å². The van der Waals surface area contributed by atoms with Crippen molar-refractivity contribution in [1.29, 1.82) is 5.26 Å². The van der Waals surface area contributed by atoms with Crippen molar-refractivity contribution in [2.45, 2.75) is 6.54 Å². The number of hydrogen-bond acceptors (Lipinski definition) is 2. The molecular formula is C34H25N5. The Hall–Kier alpha value is -5.47. The smallest absolute Gasteiger partial charge is 0.157 e. The summed E-state index contributed by atoms with van der Waals surface area (Å²) >= 11 is 0. The monoisotopic (exact) mass is 503 g/mol. The Kier molecular flexibility index (Phi) is 6.43. The van der Waals surface area contributed by atoms with Gasteiger partial charge in [0, 0.05) is 27.6 Å². The molecule has 39 heavy (non-hydrogen) atoms. The molecule has 186 valence electrons. The first-order valence-corrected chi connectivity index (χ1v) is 12.7. The molecule has 0 bridgehead atoms. The predicted octanol–water partition coefficient (Wildman–Crippen LogP) is 7.01. The van der Waals surface area contributed by atoms with Crippen molar-refractivity contribution < 1.29 is 0 Å². The highest BCUT2D eigenvalue weighted by atomic mass is 15.0. The molecule has 1 heterocycles. The number of nitrogens with zero attached hydrogens (tertiary/aromatic N) is 4. The highest BCUT2D eigenvalue weighted by molar-refractivity contribution is 6.12. The van der Waals surface area contributed by atoms with Gasteiger partial charge in [-0.15, -0.1) is 0 Å². The molecule has 0 fully saturated rings. The van der Waals surface area contributed by atoms with Crippen LogP contribution in [0.25, 0.3) is 27.5 Å². The molecule has 6 aromatic rings. The van der Waals surface area contributed by atoms with Gasteiger partial charge < -0.3 is 10.3 Å². The Balaban J connectivity index is 1.44. The van der Waals surface area contributed by atoms with Gasteiger partial charge in [-0.1, -0.05) is 91.0 Å². The highest BCUT2D eigenvalue weighted by Crippen LogP contribution is 2.32. The van der Waals surface area contributed by atoms with Gasteiger partial charge in [0.25, 0.3) is 0 Å². The molecule has 2 N–H and O–H groups in total. The van der Waals surface area contributed by atoms with E-state index in [1.165, 1.54) is 0 Å². The number of amidine groups is 2. The molecule has 0 spiro atoms. The largest absolute Gasteiger partial charge is 0.383 e. The first-order chi connectivity index (χ1) is 19.2. The van der Waals surface area contributed by atoms with Crippen LogP contribution in [-0.2, 0) is 6.54 Å². The van der Waals surface area contributed by atoms with Crippen LogP contribution >= 0.6 is 0 Å². The third-order valence-corrected chi connectivity index (χ3v) is 6.71. The maximum absolute atomic E-state index is 9.45. The summed E-state index contributed by atoms with van der Waals surface area (Å²) in [4.78, 5) is 9.62. The van der Waals surface area contributed by atoms with Gasteiger partial charge in [0.1, 0.15) is 5.84 Å². The summed E-state index contributed by atoms with van der Waals surface area (Å²) in [7, 11) is 0. The van der Waals surface area contributed by atoms with Gasteiger partial charge in [0.05, 0.1) is 29.2 Å². The fraction of sp³-hybridized carbons (Fsp3) is 0.0294. The van der Waals surface area contributed by atoms with Crippen LogP contribution in [-0.4, -0.2) is 16.2 Å². The molecule has 0 aliphatic carbocycles. The van der Waals surface area contributed by atoms with Gasteiger partial charge in [-0.05, 0) is 42.0 Å². The quantitative estimate of drug-likeness (QED) is 0.203. The molecule has 0 saturated carbocycles. The summed E-state index contributed by atoms with van der Waals surface area (Å²) in [6.45, 7) is 0.508. The molecule has 0 amide bonds. The lowest BCUT2D eigenvalue weighted by atomic mass is 10.1. The second-order valence-electron chi connectivity index (χ2n) is 9.24. The number of para-hydroxylation sites is 1. The van der Waals surface area contributed by atoms with Gasteiger partial charge in [-0.2, -0.15) is 5.26 Å². The van der Waals surface area contributed by atoms with Gasteiger partial charge in [0.2, 0.25) is 0 Å². The van der Waals surface area contributed by atoms with Crippen molar-refractivity contribution in [2.24, 2.45) is 15.7 Å². The van der Waals surface area contributed by atoms with Crippen LogP contribution in [0.4, 0.5) is 0 Å². The van der Waals surface area contributed by atoms with E-state index in [4.69, 9.17) is 15.7 Å². The third kappa shape index (κ3) is 4.79. The van der Waals surface area contributed by atoms with Crippen molar-refractivity contribution >= 4 is 33.5 Å². The van der Waals surface area contributed by atoms with E-state index in [9.17, 15) is 5.26 Å². The minimum Gasteiger partial charge on any atom is -0.383 e. The number of nitriles is 1. The van der Waals surface area contributed by atoms with Crippen LogP contribution in [0.5, 0.6) is 0 Å². The minimum atomic E-state index is 0.389. The van der Waals surface area contributed by atoms with E-state index >= 15 is 0 Å². The summed E-state index contributed by atoms with van der Waals surface area (Å²) < 4.78 is 2.20. The molecular weight excluding hydrogens is 478 g/mol. The number of rotatable bonds is 5. The molecule has 0 saturated heterocycles. The first kappa shape index (κ1) is 23.9. The molecule has 1 aromatic heterocycles. The van der Waals surface area contributed by atoms with Crippen LogP contribution in [0.3, 0.4) is 0 Å². The van der Waals surface area contributed by atoms with Gasteiger partial charge >= 0.3 is 0 Å². The molecule has 0 radical (unpaired) electrons. The van der Waals surface area contributed by atoms with Crippen LogP contribution < -0.4 is 5.73 Å². The lowest BCUT2D eigenvalue weighted by Gasteiger charge is -2.10. The summed E-state index contributed by atoms with van der Waals surface area (Å²) in [6.07, 6.45) is 0. The van der Waals surface area contributed by atoms with Gasteiger partial charge in [0.15, 0.2) is 5.84 Å². The van der Waals surface area contributed by atoms with Crippen molar-refractivity contribution in [1.82, 2.24) is 4.57 Å². The zero-order valence-electron chi connectivity index (χ0n) is 21.2. The summed E-state index contributed by atoms with van der Waals surface area (Å²) in [5, 5.41) is 11.6. The number of benzene rings is 5. The van der Waals surface area contributed by atoms with Crippen molar-refractivity contribution in [3.8, 4) is 11.8 Å². The minimum absolute atomic E-state index is 0.389. The van der Waals surface area contributed by atoms with Crippen molar-refractivity contribution in [2.75, 3.05) is 0 Å². The average molecular weight is 504 g/mol. The van der Waals surface area contributed by atoms with Gasteiger partial charge in [-0.25, -0.2) is 4.99 Å². The van der Waals surface area contributed by atoms with E-state index in [-0.39, 0.29) is 0 Å². The predicted molar refractivity (Wildman–Crippen MR) is 159 cm³/mol. The summed E-state index contributed by atoms with van der Waals surface area (Å²) in [5.41, 5.74) is 13.1. The molecule has 6 rings (SSSR count). The Bertz CT molecular complexity index is 1890. The van der Waals surface area contributed by atoms with Crippen LogP contribution in [0.15, 0.2) is 137 Å². The Morgan fingerprint density at radius 3 is 2.18 bits per heavy atom. The number of hydrogen-bond donors (Lipinski definition) is 1. The fourth-order valence-corrected chi connectivity index (χ4v) is 4.83. The topological polar surface area (TPSA) is 79.5 Å². The lowest BCUT2D eigenvalue weighted by Crippen LogP contribution is -2.17. The molecule has 0 aliphatic heterocycles. The van der Waals surface area contributed by atoms with E-state index in [1.54, 1.807) is 0 Å². The molecule has 0 unspecified atom stereocenters. The maximum atomic E-state index is 9.45. The SMILES string of the molecule is N#Cc1ccc2c(c1)c1ccccc1n2-c1cccc(/C(N)=N/C(=N\Cc2ccccc2)c2ccccc2)c1. The third-order valence-electron chi connectivity index (χ3n) is 6.71. The second kappa shape index (κ2) is 10.5. The summed E-state index contributed by atoms with van der Waals surface area (Å²) in [5.74, 6) is 0.975. The Labute approximate surface area is 226 Å². The number of aromatic nitrogens is 1. The normalized spacial score (nSPS) is 12.1. The second-order valence-corrected chi connectivity index (χ2v) is 9.24. The van der Waals surface area contributed by atoms with Crippen LogP contribution in [0.2, 0.25) is 0 Å². The maximum Gasteiger partial charge on any atom is 0.157 e. The van der Waals surface area contributed by atoms with Gasteiger partial charge in [-0.3, -0.25) is 4.99 Å². The lowest BCUT2D eigenvalue weighted by molar-refractivity contribution is 1.06. The van der Waals surface area contributed by atoms with E-state index in [0.29, 0.717) is 23.8 Å². The molecule has 5 nitrogen and oxygen atoms in total. The average Bonchev–Trinajstić information content (AvgIpc) is 3.33. The Morgan fingerprint density at radius 1 is 0.692 bits per heavy atom. The molecule has 5 heteroatoms. The standard InChI is InChI=1S/C34H25N5/c35-22-25-18-19-32-30(20-25)29-16-7-8-17-31(29)39(32)28-15-9-14-27(21-28)33(36)38-34(26-12-5-2-6-13-26)37-23-24-10-3-1-4-11-24/h1-21H,23H2,(H2,36,37,38). The fourth-order valence-electron chi connectivity index (χ4n) is 4.83. The Morgan fingerprint density at radius 2 is 1.38 bits per heavy atom. The zero-order valence-corrected chi connectivity index (χ0v) is 21.2. The van der Waals surface area contributed by atoms with Crippen LogP contribution in [0.1, 0.15) is 22.3 Å². The van der Waals surface area contributed by atoms with Crippen molar-refractivity contribution in [3.05, 3.63) is 150 Å². The number of fused-ring (bicyclic) bond motifs is 3.